The number of benzene rings is 1. The zero-order valence-electron chi connectivity index (χ0n) is 7.93. The first-order chi connectivity index (χ1) is 7.02. The van der Waals surface area contributed by atoms with Gasteiger partial charge in [0.25, 0.3) is 0 Å². The van der Waals surface area contributed by atoms with Crippen molar-refractivity contribution in [2.75, 3.05) is 13.7 Å². The van der Waals surface area contributed by atoms with Crippen molar-refractivity contribution in [1.82, 2.24) is 0 Å². The molecule has 3 N–H and O–H groups in total. The highest BCUT2D eigenvalue weighted by Gasteiger charge is 2.21. The summed E-state index contributed by atoms with van der Waals surface area (Å²) in [5, 5.41) is 8.15. The molecule has 0 amide bonds. The molecule has 0 radical (unpaired) electrons. The fraction of sp³-hybridized carbons (Fsp3) is 0.333. The van der Waals surface area contributed by atoms with Gasteiger partial charge in [-0.15, -0.1) is 0 Å². The first-order valence-electron chi connectivity index (χ1n) is 4.10. The molecule has 1 unspecified atom stereocenters. The predicted molar refractivity (Wildman–Crippen MR) is 51.9 cm³/mol. The molecule has 0 saturated carbocycles. The van der Waals surface area contributed by atoms with Crippen LogP contribution in [0.15, 0.2) is 6.07 Å². The van der Waals surface area contributed by atoms with Gasteiger partial charge in [0.05, 0.1) is 19.8 Å². The van der Waals surface area contributed by atoms with Crippen molar-refractivity contribution in [3.05, 3.63) is 28.3 Å². The van der Waals surface area contributed by atoms with Crippen molar-refractivity contribution in [2.45, 2.75) is 6.04 Å². The van der Waals surface area contributed by atoms with E-state index in [2.05, 4.69) is 0 Å². The average molecular weight is 238 g/mol. The maximum atomic E-state index is 13.4. The Kier molecular flexibility index (Phi) is 3.84. The van der Waals surface area contributed by atoms with Crippen molar-refractivity contribution < 1.29 is 18.6 Å². The lowest BCUT2D eigenvalue weighted by Crippen LogP contribution is -2.16. The van der Waals surface area contributed by atoms with Crippen LogP contribution in [0.4, 0.5) is 8.78 Å². The fourth-order valence-electron chi connectivity index (χ4n) is 1.18. The van der Waals surface area contributed by atoms with Crippen molar-refractivity contribution >= 4 is 11.6 Å². The summed E-state index contributed by atoms with van der Waals surface area (Å²) in [4.78, 5) is 0. The minimum Gasteiger partial charge on any atom is -0.493 e. The Bertz CT molecular complexity index is 374. The quantitative estimate of drug-likeness (QED) is 0.786. The van der Waals surface area contributed by atoms with Crippen LogP contribution >= 0.6 is 11.6 Å². The van der Waals surface area contributed by atoms with Gasteiger partial charge in [-0.3, -0.25) is 0 Å². The Morgan fingerprint density at radius 1 is 1.60 bits per heavy atom. The standard InChI is InChI=1S/C9H10ClF2NO2/c1-15-9-4(6(13)3-14)2-5(11)7(10)8(9)12/h2,6,14H,3,13H2,1H3. The van der Waals surface area contributed by atoms with E-state index >= 15 is 0 Å². The van der Waals surface area contributed by atoms with Gasteiger partial charge < -0.3 is 15.6 Å². The van der Waals surface area contributed by atoms with Crippen LogP contribution in [0.1, 0.15) is 11.6 Å². The summed E-state index contributed by atoms with van der Waals surface area (Å²) in [5.41, 5.74) is 5.49. The van der Waals surface area contributed by atoms with Crippen molar-refractivity contribution in [1.29, 1.82) is 0 Å². The van der Waals surface area contributed by atoms with Crippen molar-refractivity contribution in [3.63, 3.8) is 0 Å². The van der Waals surface area contributed by atoms with E-state index < -0.39 is 29.3 Å². The Balaban J connectivity index is 3.38. The van der Waals surface area contributed by atoms with E-state index in [-0.39, 0.29) is 11.3 Å². The van der Waals surface area contributed by atoms with Gasteiger partial charge >= 0.3 is 0 Å². The van der Waals surface area contributed by atoms with Crippen LogP contribution in [0.5, 0.6) is 5.75 Å². The van der Waals surface area contributed by atoms with E-state index in [4.69, 9.17) is 27.2 Å². The lowest BCUT2D eigenvalue weighted by atomic mass is 10.1. The number of aliphatic hydroxyl groups excluding tert-OH is 1. The maximum Gasteiger partial charge on any atom is 0.186 e. The molecule has 0 aliphatic heterocycles. The van der Waals surface area contributed by atoms with Crippen LogP contribution in [-0.2, 0) is 0 Å². The number of ether oxygens (including phenoxy) is 1. The second kappa shape index (κ2) is 4.74. The number of hydrogen-bond acceptors (Lipinski definition) is 3. The highest BCUT2D eigenvalue weighted by Crippen LogP contribution is 2.33. The summed E-state index contributed by atoms with van der Waals surface area (Å²) in [6, 6.07) is 0.0340. The largest absolute Gasteiger partial charge is 0.493 e. The minimum absolute atomic E-state index is 0.0411. The fourth-order valence-corrected chi connectivity index (χ4v) is 1.32. The smallest absolute Gasteiger partial charge is 0.186 e. The number of hydrogen-bond donors (Lipinski definition) is 2. The molecule has 15 heavy (non-hydrogen) atoms. The third kappa shape index (κ3) is 2.19. The Hall–Kier alpha value is -0.910. The van der Waals surface area contributed by atoms with E-state index in [1.54, 1.807) is 0 Å². The molecule has 6 heteroatoms. The van der Waals surface area contributed by atoms with Crippen LogP contribution in [0, 0.1) is 11.6 Å². The lowest BCUT2D eigenvalue weighted by molar-refractivity contribution is 0.263. The summed E-state index contributed by atoms with van der Waals surface area (Å²) in [5.74, 6) is -2.20. The molecule has 0 spiro atoms. The zero-order valence-corrected chi connectivity index (χ0v) is 8.68. The number of methoxy groups -OCH3 is 1. The zero-order chi connectivity index (χ0) is 11.6. The summed E-state index contributed by atoms with van der Waals surface area (Å²) < 4.78 is 31.2. The number of nitrogens with two attached hydrogens (primary N) is 1. The van der Waals surface area contributed by atoms with Gasteiger partial charge in [0.15, 0.2) is 11.6 Å². The maximum absolute atomic E-state index is 13.4. The summed E-state index contributed by atoms with van der Waals surface area (Å²) in [7, 11) is 1.21. The lowest BCUT2D eigenvalue weighted by Gasteiger charge is -2.15. The first kappa shape index (κ1) is 12.2. The van der Waals surface area contributed by atoms with Crippen LogP contribution in [-0.4, -0.2) is 18.8 Å². The summed E-state index contributed by atoms with van der Waals surface area (Å²) in [6.45, 7) is -0.448. The molecule has 1 rings (SSSR count). The minimum atomic E-state index is -1.02. The second-order valence-corrected chi connectivity index (χ2v) is 3.28. The van der Waals surface area contributed by atoms with Gasteiger partial charge in [-0.05, 0) is 6.07 Å². The average Bonchev–Trinajstić information content (AvgIpc) is 2.24. The molecule has 0 aromatic heterocycles. The first-order valence-corrected chi connectivity index (χ1v) is 4.48. The number of aliphatic hydroxyl groups is 1. The Morgan fingerprint density at radius 2 is 2.20 bits per heavy atom. The van der Waals surface area contributed by atoms with Gasteiger partial charge in [0.2, 0.25) is 0 Å². The highest BCUT2D eigenvalue weighted by molar-refractivity contribution is 6.31. The SMILES string of the molecule is COc1c(C(N)CO)cc(F)c(Cl)c1F. The van der Waals surface area contributed by atoms with Gasteiger partial charge in [0, 0.05) is 5.56 Å². The monoisotopic (exact) mass is 237 g/mol. The third-order valence-electron chi connectivity index (χ3n) is 1.95. The van der Waals surface area contributed by atoms with Crippen LogP contribution < -0.4 is 10.5 Å². The molecule has 3 nitrogen and oxygen atoms in total. The van der Waals surface area contributed by atoms with Crippen molar-refractivity contribution in [3.8, 4) is 5.75 Å². The van der Waals surface area contributed by atoms with E-state index in [1.807, 2.05) is 0 Å². The number of halogens is 3. The van der Waals surface area contributed by atoms with Crippen LogP contribution in [0.2, 0.25) is 5.02 Å². The molecular formula is C9H10ClF2NO2. The van der Waals surface area contributed by atoms with Gasteiger partial charge in [-0.2, -0.15) is 0 Å². The topological polar surface area (TPSA) is 55.5 Å². The normalized spacial score (nSPS) is 12.7. The molecule has 0 fully saturated rings. The molecule has 0 saturated heterocycles. The molecule has 84 valence electrons. The van der Waals surface area contributed by atoms with Gasteiger partial charge in [0.1, 0.15) is 10.8 Å². The molecule has 0 bridgehead atoms. The summed E-state index contributed by atoms with van der Waals surface area (Å²) >= 11 is 5.35. The van der Waals surface area contributed by atoms with Crippen molar-refractivity contribution in [2.24, 2.45) is 5.73 Å². The summed E-state index contributed by atoms with van der Waals surface area (Å²) in [6.07, 6.45) is 0. The second-order valence-electron chi connectivity index (χ2n) is 2.90. The predicted octanol–water partition coefficient (Wildman–Crippen LogP) is 1.62. The molecule has 0 heterocycles. The van der Waals surface area contributed by atoms with Gasteiger partial charge in [-0.25, -0.2) is 8.78 Å². The third-order valence-corrected chi connectivity index (χ3v) is 2.29. The molecule has 1 atom stereocenters. The van der Waals surface area contributed by atoms with E-state index in [0.717, 1.165) is 6.07 Å². The highest BCUT2D eigenvalue weighted by atomic mass is 35.5. The van der Waals surface area contributed by atoms with Crippen LogP contribution in [0.3, 0.4) is 0 Å². The molecule has 0 aliphatic rings. The van der Waals surface area contributed by atoms with Gasteiger partial charge in [-0.1, -0.05) is 11.6 Å². The van der Waals surface area contributed by atoms with Crippen LogP contribution in [0.25, 0.3) is 0 Å². The van der Waals surface area contributed by atoms with E-state index in [1.165, 1.54) is 7.11 Å². The number of rotatable bonds is 3. The molecule has 1 aromatic rings. The molecule has 1 aromatic carbocycles. The molecular weight excluding hydrogens is 228 g/mol. The van der Waals surface area contributed by atoms with E-state index in [9.17, 15) is 8.78 Å². The Morgan fingerprint density at radius 3 is 2.67 bits per heavy atom. The van der Waals surface area contributed by atoms with E-state index in [0.29, 0.717) is 0 Å². The Labute approximate surface area is 90.4 Å². The molecule has 0 aliphatic carbocycles.